The summed E-state index contributed by atoms with van der Waals surface area (Å²) >= 11 is 0. The normalized spacial score (nSPS) is 10.8. The van der Waals surface area contributed by atoms with Crippen LogP contribution in [-0.4, -0.2) is 15.0 Å². The number of rotatable bonds is 9. The molecule has 0 saturated carbocycles. The Bertz CT molecular complexity index is 1800. The van der Waals surface area contributed by atoms with Crippen molar-refractivity contribution in [2.24, 2.45) is 0 Å². The maximum atomic E-state index is 13.0. The van der Waals surface area contributed by atoms with Crippen molar-refractivity contribution in [3.63, 3.8) is 0 Å². The Morgan fingerprint density at radius 1 is 0.750 bits per heavy atom. The van der Waals surface area contributed by atoms with Crippen molar-refractivity contribution >= 4 is 22.3 Å². The third-order valence-corrected chi connectivity index (χ3v) is 6.02. The van der Waals surface area contributed by atoms with Gasteiger partial charge in [-0.05, 0) is 22.8 Å². The van der Waals surface area contributed by atoms with Gasteiger partial charge in [0, 0.05) is 29.8 Å². The molecule has 0 bridgehead atoms. The van der Waals surface area contributed by atoms with Crippen LogP contribution in [0.1, 0.15) is 11.1 Å². The molecule has 0 radical (unpaired) electrons. The number of nitrogens with zero attached hydrogens (tertiary/aromatic N) is 2. The molecule has 0 atom stereocenters. The summed E-state index contributed by atoms with van der Waals surface area (Å²) in [7, 11) is 0. The Hall–Kier alpha value is -5.71. The maximum absolute atomic E-state index is 13.0. The van der Waals surface area contributed by atoms with E-state index in [1.54, 1.807) is 36.4 Å². The van der Waals surface area contributed by atoms with Crippen LogP contribution < -0.4 is 14.9 Å². The lowest BCUT2D eigenvalue weighted by Gasteiger charge is -2.16. The summed E-state index contributed by atoms with van der Waals surface area (Å²) in [5.74, 6) is -0.601. The third-order valence-electron chi connectivity index (χ3n) is 6.02. The Morgan fingerprint density at radius 3 is 1.95 bits per heavy atom. The number of phenolic OH excluding ortho intramolecular Hbond substituents is 1. The second-order valence-electron chi connectivity index (χ2n) is 8.70. The van der Waals surface area contributed by atoms with Gasteiger partial charge < -0.3 is 19.0 Å². The molecule has 0 aliphatic carbocycles. The highest BCUT2D eigenvalue weighted by Gasteiger charge is 2.21. The van der Waals surface area contributed by atoms with E-state index in [1.807, 2.05) is 6.07 Å². The minimum Gasteiger partial charge on any atom is -0.504 e. The van der Waals surface area contributed by atoms with E-state index in [1.165, 1.54) is 42.5 Å². The Balaban J connectivity index is 1.52. The predicted octanol–water partition coefficient (Wildman–Crippen LogP) is 6.14. The molecule has 11 heteroatoms. The van der Waals surface area contributed by atoms with E-state index in [-0.39, 0.29) is 47.3 Å². The first-order chi connectivity index (χ1) is 19.3. The van der Waals surface area contributed by atoms with Crippen molar-refractivity contribution < 1.29 is 28.8 Å². The Morgan fingerprint density at radius 2 is 1.35 bits per heavy atom. The summed E-state index contributed by atoms with van der Waals surface area (Å²) in [6, 6.07) is 23.3. The van der Waals surface area contributed by atoms with Crippen LogP contribution in [0.2, 0.25) is 0 Å². The van der Waals surface area contributed by atoms with Crippen LogP contribution in [0.5, 0.6) is 17.4 Å². The van der Waals surface area contributed by atoms with E-state index >= 15 is 0 Å². The van der Waals surface area contributed by atoms with Crippen molar-refractivity contribution in [3.05, 3.63) is 133 Å². The molecule has 1 heterocycles. The van der Waals surface area contributed by atoms with Gasteiger partial charge in [-0.25, -0.2) is 0 Å². The average molecular weight is 540 g/mol. The molecule has 0 amide bonds. The van der Waals surface area contributed by atoms with Gasteiger partial charge in [0.15, 0.2) is 11.5 Å². The molecule has 1 N–H and O–H groups in total. The molecule has 0 spiro atoms. The van der Waals surface area contributed by atoms with Crippen LogP contribution in [0.3, 0.4) is 0 Å². The molecule has 200 valence electrons. The molecule has 5 rings (SSSR count). The molecule has 5 aromatic rings. The maximum Gasteiger partial charge on any atom is 0.289 e. The van der Waals surface area contributed by atoms with Crippen molar-refractivity contribution in [2.75, 3.05) is 0 Å². The fourth-order valence-corrected chi connectivity index (χ4v) is 4.14. The molecule has 0 unspecified atom stereocenters. The highest BCUT2D eigenvalue weighted by molar-refractivity contribution is 5.93. The van der Waals surface area contributed by atoms with Gasteiger partial charge in [-0.1, -0.05) is 54.6 Å². The summed E-state index contributed by atoms with van der Waals surface area (Å²) in [6.07, 6.45) is 0. The van der Waals surface area contributed by atoms with Crippen LogP contribution >= 0.6 is 0 Å². The number of hydrogen-bond acceptors (Lipinski definition) is 9. The monoisotopic (exact) mass is 540 g/mol. The van der Waals surface area contributed by atoms with Gasteiger partial charge in [0.2, 0.25) is 5.43 Å². The zero-order valence-corrected chi connectivity index (χ0v) is 20.7. The highest BCUT2D eigenvalue weighted by atomic mass is 16.6. The number of ether oxygens (including phenoxy) is 2. The van der Waals surface area contributed by atoms with E-state index in [9.17, 15) is 30.1 Å². The number of benzene rings is 4. The van der Waals surface area contributed by atoms with Gasteiger partial charge in [-0.3, -0.25) is 25.0 Å². The Labute approximate surface area is 225 Å². The molecule has 0 saturated heterocycles. The van der Waals surface area contributed by atoms with Gasteiger partial charge >= 0.3 is 0 Å². The van der Waals surface area contributed by atoms with Crippen molar-refractivity contribution in [1.82, 2.24) is 0 Å². The van der Waals surface area contributed by atoms with Crippen LogP contribution in [0.15, 0.2) is 100 Å². The molecule has 0 aliphatic rings. The smallest absolute Gasteiger partial charge is 0.289 e. The second-order valence-corrected chi connectivity index (χ2v) is 8.70. The number of nitro benzene ring substituents is 2. The summed E-state index contributed by atoms with van der Waals surface area (Å²) in [5.41, 5.74) is 1.27. The highest BCUT2D eigenvalue weighted by Crippen LogP contribution is 2.43. The molecule has 0 fully saturated rings. The van der Waals surface area contributed by atoms with Gasteiger partial charge in [0.25, 0.3) is 17.3 Å². The van der Waals surface area contributed by atoms with Crippen LogP contribution in [0.4, 0.5) is 11.4 Å². The Kier molecular flexibility index (Phi) is 7.10. The fraction of sp³-hybridized carbons (Fsp3) is 0.0690. The van der Waals surface area contributed by atoms with Crippen LogP contribution in [0, 0.1) is 20.2 Å². The number of aromatic hydroxyl groups is 1. The van der Waals surface area contributed by atoms with Crippen molar-refractivity contribution in [3.8, 4) is 28.6 Å². The first kappa shape index (κ1) is 25.9. The number of nitro groups is 2. The van der Waals surface area contributed by atoms with E-state index in [0.717, 1.165) is 6.07 Å². The second kappa shape index (κ2) is 11.0. The number of hydrogen-bond donors (Lipinski definition) is 1. The largest absolute Gasteiger partial charge is 0.504 e. The number of phenols is 1. The van der Waals surface area contributed by atoms with E-state index in [0.29, 0.717) is 22.3 Å². The summed E-state index contributed by atoms with van der Waals surface area (Å²) in [6.45, 7) is -0.214. The molecule has 4 aromatic carbocycles. The average Bonchev–Trinajstić information content (AvgIpc) is 2.96. The molecule has 40 heavy (non-hydrogen) atoms. The minimum absolute atomic E-state index is 0.00256. The van der Waals surface area contributed by atoms with Crippen LogP contribution in [0.25, 0.3) is 22.1 Å². The van der Waals surface area contributed by atoms with Crippen LogP contribution in [-0.2, 0) is 13.2 Å². The minimum atomic E-state index is -0.604. The molecule has 1 aromatic heterocycles. The first-order valence-electron chi connectivity index (χ1n) is 11.9. The van der Waals surface area contributed by atoms with Crippen molar-refractivity contribution in [2.45, 2.75) is 13.2 Å². The zero-order chi connectivity index (χ0) is 28.2. The van der Waals surface area contributed by atoms with E-state index < -0.39 is 21.0 Å². The summed E-state index contributed by atoms with van der Waals surface area (Å²) in [4.78, 5) is 34.2. The number of fused-ring (bicyclic) bond motifs is 1. The van der Waals surface area contributed by atoms with Gasteiger partial charge in [-0.2, -0.15) is 0 Å². The third kappa shape index (κ3) is 5.43. The van der Waals surface area contributed by atoms with Gasteiger partial charge in [0.05, 0.1) is 15.9 Å². The lowest BCUT2D eigenvalue weighted by Crippen LogP contribution is -2.05. The molecule has 0 aliphatic heterocycles. The summed E-state index contributed by atoms with van der Waals surface area (Å²) in [5, 5.41) is 33.2. The lowest BCUT2D eigenvalue weighted by atomic mass is 10.0. The molecule has 11 nitrogen and oxygen atoms in total. The first-order valence-corrected chi connectivity index (χ1v) is 11.9. The lowest BCUT2D eigenvalue weighted by molar-refractivity contribution is -0.385. The standard InChI is InChI=1S/C29H20N2O9/c32-24-15-26(38-16-18-6-4-10-21(12-18)30(34)35)40-25-14-23(20-8-2-1-3-9-20)29(28(33)27(24)25)39-17-19-7-5-11-22(13-19)31(36)37/h1-15,33H,16-17H2. The quantitative estimate of drug-likeness (QED) is 0.171. The van der Waals surface area contributed by atoms with E-state index in [4.69, 9.17) is 13.9 Å². The molecular formula is C29H20N2O9. The van der Waals surface area contributed by atoms with Gasteiger partial charge in [-0.15, -0.1) is 0 Å². The van der Waals surface area contributed by atoms with Gasteiger partial charge in [0.1, 0.15) is 24.2 Å². The van der Waals surface area contributed by atoms with Crippen molar-refractivity contribution in [1.29, 1.82) is 0 Å². The number of non-ortho nitro benzene ring substituents is 2. The summed E-state index contributed by atoms with van der Waals surface area (Å²) < 4.78 is 17.3. The predicted molar refractivity (Wildman–Crippen MR) is 144 cm³/mol. The van der Waals surface area contributed by atoms with E-state index in [2.05, 4.69) is 0 Å². The zero-order valence-electron chi connectivity index (χ0n) is 20.7. The molecular weight excluding hydrogens is 520 g/mol. The fourth-order valence-electron chi connectivity index (χ4n) is 4.14. The SMILES string of the molecule is O=c1cc(OCc2cccc([N+](=O)[O-])c2)oc2cc(-c3ccccc3)c(OCc3cccc([N+](=O)[O-])c3)c(O)c12. The topological polar surface area (TPSA) is 155 Å².